The van der Waals surface area contributed by atoms with Crippen LogP contribution in [0.25, 0.3) is 0 Å². The van der Waals surface area contributed by atoms with Crippen LogP contribution in [-0.4, -0.2) is 27.9 Å². The van der Waals surface area contributed by atoms with Crippen molar-refractivity contribution in [2.24, 2.45) is 0 Å². The van der Waals surface area contributed by atoms with E-state index in [4.69, 9.17) is 9.84 Å². The van der Waals surface area contributed by atoms with E-state index < -0.39 is 29.3 Å². The number of carbonyl (C=O) groups excluding carboxylic acids is 2. The third kappa shape index (κ3) is 5.57. The van der Waals surface area contributed by atoms with Crippen LogP contribution in [0.15, 0.2) is 18.2 Å². The molecule has 0 saturated heterocycles. The lowest BCUT2D eigenvalue weighted by Crippen LogP contribution is -2.10. The number of carboxylic acid groups (broad SMARTS) is 1. The van der Waals surface area contributed by atoms with E-state index in [9.17, 15) is 24.5 Å². The Labute approximate surface area is 124 Å². The van der Waals surface area contributed by atoms with Crippen LogP contribution in [0.4, 0.5) is 10.5 Å². The number of carbonyl (C=O) groups is 3. The van der Waals surface area contributed by atoms with Crippen molar-refractivity contribution < 1.29 is 33.9 Å². The molecule has 118 valence electrons. The Balaban J connectivity index is 2.83. The first kappa shape index (κ1) is 17.1. The Bertz CT molecular complexity index is 610. The quantitative estimate of drug-likeness (QED) is 0.350. The summed E-state index contributed by atoms with van der Waals surface area (Å²) in [7, 11) is 0. The highest BCUT2D eigenvalue weighted by atomic mass is 16.7. The molecule has 9 heteroatoms. The van der Waals surface area contributed by atoms with Gasteiger partial charge in [0.15, 0.2) is 0 Å². The zero-order chi connectivity index (χ0) is 16.7. The Kier molecular flexibility index (Phi) is 5.99. The molecule has 1 N–H and O–H groups in total. The van der Waals surface area contributed by atoms with Crippen molar-refractivity contribution in [2.75, 3.05) is 0 Å². The Morgan fingerprint density at radius 3 is 2.50 bits per heavy atom. The van der Waals surface area contributed by atoms with E-state index in [1.54, 1.807) is 0 Å². The number of nitro groups is 1. The second kappa shape index (κ2) is 7.72. The lowest BCUT2D eigenvalue weighted by molar-refractivity contribution is -0.385. The van der Waals surface area contributed by atoms with Crippen molar-refractivity contribution in [3.05, 3.63) is 33.9 Å². The summed E-state index contributed by atoms with van der Waals surface area (Å²) in [6, 6.07) is 3.50. The molecule has 0 aromatic heterocycles. The lowest BCUT2D eigenvalue weighted by Gasteiger charge is -2.06. The average Bonchev–Trinajstić information content (AvgIpc) is 2.43. The van der Waals surface area contributed by atoms with Crippen LogP contribution in [0.5, 0.6) is 5.75 Å². The number of hydrogen-bond donors (Lipinski definition) is 1. The van der Waals surface area contributed by atoms with Gasteiger partial charge in [0.1, 0.15) is 18.1 Å². The van der Waals surface area contributed by atoms with Crippen molar-refractivity contribution in [3.8, 4) is 5.75 Å². The maximum atomic E-state index is 11.5. The Morgan fingerprint density at radius 2 is 1.95 bits per heavy atom. The highest BCUT2D eigenvalue weighted by molar-refractivity contribution is 5.81. The van der Waals surface area contributed by atoms with Gasteiger partial charge < -0.3 is 19.4 Å². The molecule has 22 heavy (non-hydrogen) atoms. The van der Waals surface area contributed by atoms with Gasteiger partial charge in [-0.2, -0.15) is 0 Å². The van der Waals surface area contributed by atoms with Crippen LogP contribution in [-0.2, 0) is 20.9 Å². The largest absolute Gasteiger partial charge is 0.506 e. The van der Waals surface area contributed by atoms with Crippen LogP contribution >= 0.6 is 0 Å². The normalized spacial score (nSPS) is 9.86. The van der Waals surface area contributed by atoms with Gasteiger partial charge in [-0.25, -0.2) is 4.79 Å². The second-order valence-corrected chi connectivity index (χ2v) is 4.28. The van der Waals surface area contributed by atoms with Crippen molar-refractivity contribution in [1.82, 2.24) is 0 Å². The lowest BCUT2D eigenvalue weighted by atomic mass is 10.2. The number of Topliss-reactive ketones (excluding diaryl/α,β-unsaturated/α-hetero) is 1. The highest BCUT2D eigenvalue weighted by Gasteiger charge is 2.18. The molecule has 9 nitrogen and oxygen atoms in total. The summed E-state index contributed by atoms with van der Waals surface area (Å²) in [6.07, 6.45) is -1.67. The first-order valence-corrected chi connectivity index (χ1v) is 6.12. The van der Waals surface area contributed by atoms with Gasteiger partial charge in [0.25, 0.3) is 5.69 Å². The molecule has 1 aromatic rings. The number of ether oxygens (including phenoxy) is 2. The molecule has 0 aliphatic rings. The van der Waals surface area contributed by atoms with Gasteiger partial charge in [0.2, 0.25) is 0 Å². The van der Waals surface area contributed by atoms with Crippen molar-refractivity contribution in [2.45, 2.75) is 26.4 Å². The number of nitrogens with zero attached hydrogens (tertiary/aromatic N) is 1. The monoisotopic (exact) mass is 311 g/mol. The first-order chi connectivity index (χ1) is 10.3. The van der Waals surface area contributed by atoms with Crippen LogP contribution in [0.3, 0.4) is 0 Å². The van der Waals surface area contributed by atoms with Crippen LogP contribution in [0.2, 0.25) is 0 Å². The van der Waals surface area contributed by atoms with E-state index in [0.29, 0.717) is 0 Å². The van der Waals surface area contributed by atoms with Gasteiger partial charge in [-0.05, 0) is 19.1 Å². The predicted molar refractivity (Wildman–Crippen MR) is 71.5 cm³/mol. The number of benzene rings is 1. The molecule has 0 heterocycles. The number of ketones is 1. The van der Waals surface area contributed by atoms with Crippen LogP contribution < -0.4 is 4.74 Å². The smallest absolute Gasteiger partial charge is 0.450 e. The molecule has 0 amide bonds. The molecule has 1 aromatic carbocycles. The van der Waals surface area contributed by atoms with E-state index in [-0.39, 0.29) is 29.9 Å². The van der Waals surface area contributed by atoms with Gasteiger partial charge in [-0.1, -0.05) is 0 Å². The van der Waals surface area contributed by atoms with E-state index in [2.05, 4.69) is 4.74 Å². The molecule has 0 unspecified atom stereocenters. The number of esters is 1. The third-order valence-electron chi connectivity index (χ3n) is 2.52. The minimum Gasteiger partial charge on any atom is -0.450 e. The fourth-order valence-electron chi connectivity index (χ4n) is 1.50. The molecular formula is C13H13NO8. The van der Waals surface area contributed by atoms with E-state index in [1.165, 1.54) is 19.1 Å². The van der Waals surface area contributed by atoms with Crippen LogP contribution in [0, 0.1) is 10.1 Å². The highest BCUT2D eigenvalue weighted by Crippen LogP contribution is 2.25. The topological polar surface area (TPSA) is 133 Å². The average molecular weight is 311 g/mol. The van der Waals surface area contributed by atoms with E-state index in [1.807, 2.05) is 0 Å². The predicted octanol–water partition coefficient (Wildman–Crippen LogP) is 2.06. The molecule has 1 rings (SSSR count). The summed E-state index contributed by atoms with van der Waals surface area (Å²) in [4.78, 5) is 42.7. The number of hydrogen-bond acceptors (Lipinski definition) is 7. The fourth-order valence-corrected chi connectivity index (χ4v) is 1.50. The van der Waals surface area contributed by atoms with Gasteiger partial charge >= 0.3 is 12.1 Å². The van der Waals surface area contributed by atoms with Crippen molar-refractivity contribution >= 4 is 23.6 Å². The molecule has 0 radical (unpaired) electrons. The molecule has 0 fully saturated rings. The molecule has 0 aliphatic heterocycles. The molecule has 0 saturated carbocycles. The summed E-state index contributed by atoms with van der Waals surface area (Å²) in [6.45, 7) is 0.833. The molecule has 0 spiro atoms. The minimum atomic E-state index is -1.56. The second-order valence-electron chi connectivity index (χ2n) is 4.28. The fraction of sp³-hybridized carbons (Fsp3) is 0.308. The maximum absolute atomic E-state index is 11.5. The summed E-state index contributed by atoms with van der Waals surface area (Å²) < 4.78 is 9.16. The SMILES string of the molecule is CC(=O)CCC(=O)Oc1ccc(COC(=O)O)c([N+](=O)[O-])c1. The van der Waals surface area contributed by atoms with Crippen molar-refractivity contribution in [3.63, 3.8) is 0 Å². The van der Waals surface area contributed by atoms with Gasteiger partial charge in [-0.3, -0.25) is 14.9 Å². The number of nitro benzene ring substituents is 1. The first-order valence-electron chi connectivity index (χ1n) is 6.12. The summed E-state index contributed by atoms with van der Waals surface area (Å²) in [5.74, 6) is -0.942. The zero-order valence-electron chi connectivity index (χ0n) is 11.6. The molecule has 0 bridgehead atoms. The summed E-state index contributed by atoms with van der Waals surface area (Å²) in [5.41, 5.74) is -0.408. The molecular weight excluding hydrogens is 298 g/mol. The Hall–Kier alpha value is -2.97. The van der Waals surface area contributed by atoms with E-state index >= 15 is 0 Å². The maximum Gasteiger partial charge on any atom is 0.506 e. The van der Waals surface area contributed by atoms with Gasteiger partial charge in [0, 0.05) is 6.42 Å². The minimum absolute atomic E-state index is 0.0193. The van der Waals surface area contributed by atoms with E-state index in [0.717, 1.165) is 6.07 Å². The summed E-state index contributed by atoms with van der Waals surface area (Å²) >= 11 is 0. The van der Waals surface area contributed by atoms with Crippen molar-refractivity contribution in [1.29, 1.82) is 0 Å². The Morgan fingerprint density at radius 1 is 1.27 bits per heavy atom. The van der Waals surface area contributed by atoms with Gasteiger partial charge in [-0.15, -0.1) is 0 Å². The molecule has 0 atom stereocenters. The van der Waals surface area contributed by atoms with Gasteiger partial charge in [0.05, 0.1) is 23.0 Å². The van der Waals surface area contributed by atoms with Crippen LogP contribution in [0.1, 0.15) is 25.3 Å². The zero-order valence-corrected chi connectivity index (χ0v) is 11.6. The number of rotatable bonds is 7. The molecule has 0 aliphatic carbocycles. The third-order valence-corrected chi connectivity index (χ3v) is 2.52. The summed E-state index contributed by atoms with van der Waals surface area (Å²) in [5, 5.41) is 19.3. The standard InChI is InChI=1S/C13H13NO8/c1-8(15)2-5-12(16)22-10-4-3-9(7-21-13(17)18)11(6-10)14(19)20/h3-4,6H,2,5,7H2,1H3,(H,17,18).